The van der Waals surface area contributed by atoms with E-state index in [1.807, 2.05) is 19.9 Å². The molecule has 0 radical (unpaired) electrons. The highest BCUT2D eigenvalue weighted by Crippen LogP contribution is 2.40. The molecule has 3 rings (SSSR count). The molecule has 0 aliphatic heterocycles. The van der Waals surface area contributed by atoms with E-state index in [1.165, 1.54) is 6.07 Å². The minimum atomic E-state index is -0.238. The molecule has 1 heterocycles. The Bertz CT molecular complexity index is 636. The van der Waals surface area contributed by atoms with Gasteiger partial charge in [-0.15, -0.1) is 0 Å². The Balaban J connectivity index is 2.15. The number of anilines is 1. The van der Waals surface area contributed by atoms with Gasteiger partial charge in [0.2, 0.25) is 0 Å². The van der Waals surface area contributed by atoms with Crippen LogP contribution < -0.4 is 5.32 Å². The van der Waals surface area contributed by atoms with Crippen molar-refractivity contribution in [3.05, 3.63) is 41.5 Å². The Morgan fingerprint density at radius 1 is 1.25 bits per heavy atom. The first-order valence-electron chi connectivity index (χ1n) is 7.08. The summed E-state index contributed by atoms with van der Waals surface area (Å²) in [6, 6.07) is 6.78. The molecule has 0 unspecified atom stereocenters. The van der Waals surface area contributed by atoms with Gasteiger partial charge in [-0.25, -0.2) is 14.4 Å². The van der Waals surface area contributed by atoms with Crippen LogP contribution in [0, 0.1) is 12.7 Å². The zero-order valence-electron chi connectivity index (χ0n) is 11.8. The maximum Gasteiger partial charge on any atom is 0.134 e. The number of benzene rings is 1. The molecule has 1 aliphatic carbocycles. The first-order chi connectivity index (χ1) is 9.70. The minimum Gasteiger partial charge on any atom is -0.370 e. The second kappa shape index (κ2) is 5.19. The molecule has 4 heteroatoms. The van der Waals surface area contributed by atoms with Gasteiger partial charge in [-0.3, -0.25) is 0 Å². The third-order valence-electron chi connectivity index (χ3n) is 3.58. The van der Waals surface area contributed by atoms with Crippen molar-refractivity contribution in [3.8, 4) is 11.3 Å². The zero-order chi connectivity index (χ0) is 14.1. The average molecular weight is 271 g/mol. The fourth-order valence-electron chi connectivity index (χ4n) is 2.31. The SMILES string of the molecule is CCNc1nc(C2CC2)nc(-c2ccccc2F)c1C. The second-order valence-corrected chi connectivity index (χ2v) is 5.19. The van der Waals surface area contributed by atoms with E-state index >= 15 is 0 Å². The van der Waals surface area contributed by atoms with Crippen LogP contribution in [-0.2, 0) is 0 Å². The van der Waals surface area contributed by atoms with E-state index in [0.29, 0.717) is 17.2 Å². The zero-order valence-corrected chi connectivity index (χ0v) is 11.8. The molecule has 3 nitrogen and oxygen atoms in total. The van der Waals surface area contributed by atoms with Crippen molar-refractivity contribution in [1.82, 2.24) is 9.97 Å². The van der Waals surface area contributed by atoms with Crippen LogP contribution in [0.4, 0.5) is 10.2 Å². The molecule has 2 aromatic rings. The van der Waals surface area contributed by atoms with Crippen molar-refractivity contribution in [2.45, 2.75) is 32.6 Å². The largest absolute Gasteiger partial charge is 0.370 e. The van der Waals surface area contributed by atoms with Crippen LogP contribution >= 0.6 is 0 Å². The summed E-state index contributed by atoms with van der Waals surface area (Å²) >= 11 is 0. The molecule has 1 aliphatic rings. The van der Waals surface area contributed by atoms with Crippen molar-refractivity contribution in [2.75, 3.05) is 11.9 Å². The molecule has 20 heavy (non-hydrogen) atoms. The number of halogens is 1. The Morgan fingerprint density at radius 2 is 2.00 bits per heavy atom. The molecule has 0 bridgehead atoms. The highest BCUT2D eigenvalue weighted by atomic mass is 19.1. The molecular formula is C16H18FN3. The summed E-state index contributed by atoms with van der Waals surface area (Å²) in [6.07, 6.45) is 2.26. The highest BCUT2D eigenvalue weighted by molar-refractivity contribution is 5.68. The van der Waals surface area contributed by atoms with E-state index in [-0.39, 0.29) is 5.82 Å². The predicted octanol–water partition coefficient (Wildman–Crippen LogP) is 3.90. The average Bonchev–Trinajstić information content (AvgIpc) is 3.27. The van der Waals surface area contributed by atoms with E-state index in [1.54, 1.807) is 12.1 Å². The van der Waals surface area contributed by atoms with Crippen molar-refractivity contribution >= 4 is 5.82 Å². The molecule has 0 saturated heterocycles. The molecule has 0 spiro atoms. The van der Waals surface area contributed by atoms with Gasteiger partial charge in [0.25, 0.3) is 0 Å². The van der Waals surface area contributed by atoms with E-state index in [0.717, 1.165) is 36.6 Å². The Morgan fingerprint density at radius 3 is 2.65 bits per heavy atom. The van der Waals surface area contributed by atoms with Crippen LogP contribution in [-0.4, -0.2) is 16.5 Å². The topological polar surface area (TPSA) is 37.8 Å². The minimum absolute atomic E-state index is 0.238. The predicted molar refractivity (Wildman–Crippen MR) is 78.3 cm³/mol. The van der Waals surface area contributed by atoms with Gasteiger partial charge >= 0.3 is 0 Å². The number of aromatic nitrogens is 2. The maximum atomic E-state index is 14.0. The number of nitrogens with one attached hydrogen (secondary N) is 1. The summed E-state index contributed by atoms with van der Waals surface area (Å²) in [5.41, 5.74) is 2.16. The van der Waals surface area contributed by atoms with E-state index in [2.05, 4.69) is 15.3 Å². The summed E-state index contributed by atoms with van der Waals surface area (Å²) in [6.45, 7) is 4.76. The smallest absolute Gasteiger partial charge is 0.134 e. The Labute approximate surface area is 118 Å². The molecule has 104 valence electrons. The van der Waals surface area contributed by atoms with Crippen LogP contribution in [0.2, 0.25) is 0 Å². The van der Waals surface area contributed by atoms with Gasteiger partial charge in [0, 0.05) is 23.6 Å². The summed E-state index contributed by atoms with van der Waals surface area (Å²) in [5, 5.41) is 3.25. The van der Waals surface area contributed by atoms with Gasteiger partial charge in [0.05, 0.1) is 5.69 Å². The van der Waals surface area contributed by atoms with Crippen LogP contribution in [0.1, 0.15) is 37.1 Å². The molecule has 1 saturated carbocycles. The lowest BCUT2D eigenvalue weighted by Crippen LogP contribution is -2.08. The summed E-state index contributed by atoms with van der Waals surface area (Å²) in [4.78, 5) is 9.21. The lowest BCUT2D eigenvalue weighted by Gasteiger charge is -2.13. The van der Waals surface area contributed by atoms with E-state index in [4.69, 9.17) is 0 Å². The number of hydrogen-bond donors (Lipinski definition) is 1. The molecular weight excluding hydrogens is 253 g/mol. The fraction of sp³-hybridized carbons (Fsp3) is 0.375. The van der Waals surface area contributed by atoms with Gasteiger partial charge in [0.15, 0.2) is 0 Å². The normalized spacial score (nSPS) is 14.3. The summed E-state index contributed by atoms with van der Waals surface area (Å²) in [5.74, 6) is 1.87. The van der Waals surface area contributed by atoms with Crippen LogP contribution in [0.5, 0.6) is 0 Å². The lowest BCUT2D eigenvalue weighted by molar-refractivity contribution is 0.630. The van der Waals surface area contributed by atoms with Gasteiger partial charge < -0.3 is 5.32 Å². The Kier molecular flexibility index (Phi) is 3.38. The van der Waals surface area contributed by atoms with Crippen LogP contribution in [0.3, 0.4) is 0 Å². The molecule has 1 aromatic heterocycles. The molecule has 1 fully saturated rings. The second-order valence-electron chi connectivity index (χ2n) is 5.19. The molecule has 0 amide bonds. The first-order valence-corrected chi connectivity index (χ1v) is 7.08. The number of hydrogen-bond acceptors (Lipinski definition) is 3. The number of nitrogens with zero attached hydrogens (tertiary/aromatic N) is 2. The summed E-state index contributed by atoms with van der Waals surface area (Å²) < 4.78 is 14.0. The van der Waals surface area contributed by atoms with E-state index in [9.17, 15) is 4.39 Å². The standard InChI is InChI=1S/C16H18FN3/c1-3-18-15-10(2)14(12-6-4-5-7-13(12)17)19-16(20-15)11-8-9-11/h4-7,11H,3,8-9H2,1-2H3,(H,18,19,20). The lowest BCUT2D eigenvalue weighted by atomic mass is 10.1. The van der Waals surface area contributed by atoms with Gasteiger partial charge in [-0.05, 0) is 38.8 Å². The fourth-order valence-corrected chi connectivity index (χ4v) is 2.31. The Hall–Kier alpha value is -1.97. The third kappa shape index (κ3) is 2.38. The maximum absolute atomic E-state index is 14.0. The van der Waals surface area contributed by atoms with Gasteiger partial charge in [0.1, 0.15) is 17.5 Å². The number of rotatable bonds is 4. The quantitative estimate of drug-likeness (QED) is 0.916. The monoisotopic (exact) mass is 271 g/mol. The first kappa shape index (κ1) is 13.0. The van der Waals surface area contributed by atoms with Crippen molar-refractivity contribution in [1.29, 1.82) is 0 Å². The van der Waals surface area contributed by atoms with Crippen molar-refractivity contribution in [2.24, 2.45) is 0 Å². The molecule has 0 atom stereocenters. The van der Waals surface area contributed by atoms with Gasteiger partial charge in [-0.1, -0.05) is 12.1 Å². The molecule has 1 N–H and O–H groups in total. The van der Waals surface area contributed by atoms with Gasteiger partial charge in [-0.2, -0.15) is 0 Å². The highest BCUT2D eigenvalue weighted by Gasteiger charge is 2.28. The molecule has 1 aromatic carbocycles. The third-order valence-corrected chi connectivity index (χ3v) is 3.58. The van der Waals surface area contributed by atoms with Crippen molar-refractivity contribution in [3.63, 3.8) is 0 Å². The van der Waals surface area contributed by atoms with E-state index < -0.39 is 0 Å². The van der Waals surface area contributed by atoms with Crippen LogP contribution in [0.15, 0.2) is 24.3 Å². The summed E-state index contributed by atoms with van der Waals surface area (Å²) in [7, 11) is 0. The van der Waals surface area contributed by atoms with Crippen LogP contribution in [0.25, 0.3) is 11.3 Å². The van der Waals surface area contributed by atoms with Crippen molar-refractivity contribution < 1.29 is 4.39 Å².